The van der Waals surface area contributed by atoms with Crippen LogP contribution in [-0.4, -0.2) is 29.3 Å². The second kappa shape index (κ2) is 10.3. The van der Waals surface area contributed by atoms with Gasteiger partial charge in [-0.05, 0) is 92.6 Å². The lowest BCUT2D eigenvalue weighted by molar-refractivity contribution is -0.131. The minimum atomic E-state index is -1.15. The predicted octanol–water partition coefficient (Wildman–Crippen LogP) is 5.27. The molecule has 0 radical (unpaired) electrons. The van der Waals surface area contributed by atoms with Crippen LogP contribution >= 0.6 is 0 Å². The number of nitrogens with zero attached hydrogens (tertiary/aromatic N) is 1. The van der Waals surface area contributed by atoms with Gasteiger partial charge >= 0.3 is 0 Å². The van der Waals surface area contributed by atoms with Gasteiger partial charge in [0.1, 0.15) is 22.7 Å². The van der Waals surface area contributed by atoms with Gasteiger partial charge in [0.05, 0.1) is 5.52 Å². The van der Waals surface area contributed by atoms with Crippen LogP contribution in [0.1, 0.15) is 30.1 Å². The fourth-order valence-electron chi connectivity index (χ4n) is 4.06. The highest BCUT2D eigenvalue weighted by Crippen LogP contribution is 2.47. The molecule has 192 valence electrons. The Kier molecular flexibility index (Phi) is 6.74. The minimum absolute atomic E-state index is 0.166. The molecule has 3 N–H and O–H groups in total. The maximum Gasteiger partial charge on any atom is 0.251 e. The van der Waals surface area contributed by atoms with E-state index in [4.69, 9.17) is 4.74 Å². The molecular formula is C29H25FN4O4. The lowest BCUT2D eigenvalue weighted by Gasteiger charge is -2.16. The second-order valence-corrected chi connectivity index (χ2v) is 9.02. The number of hydrogen-bond acceptors (Lipinski definition) is 5. The van der Waals surface area contributed by atoms with Gasteiger partial charge in [-0.25, -0.2) is 4.39 Å². The second-order valence-electron chi connectivity index (χ2n) is 9.02. The van der Waals surface area contributed by atoms with Crippen LogP contribution in [0.2, 0.25) is 0 Å². The van der Waals surface area contributed by atoms with Crippen molar-refractivity contribution in [2.45, 2.75) is 19.8 Å². The smallest absolute Gasteiger partial charge is 0.251 e. The standard InChI is InChI=1S/C29H25FN4O4/c1-2-31-26(35)18-3-12-23-24(17-18)32-16-13-25(23)38-22-10-8-21(9-11-22)34-28(37)29(14-15-29)27(36)33-20-6-4-19(30)5-7-20/h3-13,16-17H,2,14-15H2,1H3,(H,31,35)(H,33,36)(H,34,37). The highest BCUT2D eigenvalue weighted by atomic mass is 19.1. The molecule has 1 aliphatic carbocycles. The molecule has 0 spiro atoms. The summed E-state index contributed by atoms with van der Waals surface area (Å²) >= 11 is 0. The molecule has 0 atom stereocenters. The summed E-state index contributed by atoms with van der Waals surface area (Å²) in [7, 11) is 0. The topological polar surface area (TPSA) is 109 Å². The summed E-state index contributed by atoms with van der Waals surface area (Å²) in [6.45, 7) is 2.39. The number of benzene rings is 3. The van der Waals surface area contributed by atoms with Crippen molar-refractivity contribution in [3.8, 4) is 11.5 Å². The number of anilines is 2. The van der Waals surface area contributed by atoms with Crippen molar-refractivity contribution in [3.63, 3.8) is 0 Å². The SMILES string of the molecule is CCNC(=O)c1ccc2c(Oc3ccc(NC(=O)C4(C(=O)Nc5ccc(F)cc5)CC4)cc3)ccnc2c1. The van der Waals surface area contributed by atoms with E-state index < -0.39 is 23.0 Å². The van der Waals surface area contributed by atoms with Gasteiger partial charge in [0.15, 0.2) is 0 Å². The fourth-order valence-corrected chi connectivity index (χ4v) is 4.06. The molecule has 0 aliphatic heterocycles. The van der Waals surface area contributed by atoms with Crippen LogP contribution in [-0.2, 0) is 9.59 Å². The van der Waals surface area contributed by atoms with Crippen LogP contribution in [0.3, 0.4) is 0 Å². The van der Waals surface area contributed by atoms with E-state index in [-0.39, 0.29) is 5.91 Å². The number of ether oxygens (including phenoxy) is 1. The number of carbonyl (C=O) groups excluding carboxylic acids is 3. The van der Waals surface area contributed by atoms with Crippen molar-refractivity contribution in [2.24, 2.45) is 5.41 Å². The first-order valence-corrected chi connectivity index (χ1v) is 12.2. The van der Waals surface area contributed by atoms with E-state index in [1.54, 1.807) is 54.7 Å². The van der Waals surface area contributed by atoms with E-state index in [9.17, 15) is 18.8 Å². The molecule has 3 aromatic carbocycles. The number of rotatable bonds is 8. The van der Waals surface area contributed by atoms with Crippen molar-refractivity contribution >= 4 is 40.0 Å². The molecule has 9 heteroatoms. The predicted molar refractivity (Wildman–Crippen MR) is 142 cm³/mol. The van der Waals surface area contributed by atoms with Gasteiger partial charge in [0, 0.05) is 35.1 Å². The zero-order valence-corrected chi connectivity index (χ0v) is 20.6. The highest BCUT2D eigenvalue weighted by molar-refractivity contribution is 6.16. The van der Waals surface area contributed by atoms with Gasteiger partial charge in [0.25, 0.3) is 5.91 Å². The molecule has 5 rings (SSSR count). The van der Waals surface area contributed by atoms with Gasteiger partial charge in [-0.2, -0.15) is 0 Å². The van der Waals surface area contributed by atoms with Crippen molar-refractivity contribution in [3.05, 3.63) is 90.4 Å². The Morgan fingerprint density at radius 1 is 0.895 bits per heavy atom. The third-order valence-corrected chi connectivity index (χ3v) is 6.36. The number of aromatic nitrogens is 1. The Bertz CT molecular complexity index is 1520. The molecule has 3 amide bonds. The number of carbonyl (C=O) groups is 3. The van der Waals surface area contributed by atoms with Crippen LogP contribution in [0.25, 0.3) is 10.9 Å². The van der Waals surface area contributed by atoms with Gasteiger partial charge < -0.3 is 20.7 Å². The lowest BCUT2D eigenvalue weighted by atomic mass is 10.0. The Hall–Kier alpha value is -4.79. The molecule has 1 fully saturated rings. The normalized spacial score (nSPS) is 13.4. The molecule has 1 saturated carbocycles. The van der Waals surface area contributed by atoms with Crippen molar-refractivity contribution in [2.75, 3.05) is 17.2 Å². The van der Waals surface area contributed by atoms with Crippen LogP contribution < -0.4 is 20.7 Å². The van der Waals surface area contributed by atoms with Gasteiger partial charge in [-0.1, -0.05) is 0 Å². The van der Waals surface area contributed by atoms with Gasteiger partial charge in [-0.3, -0.25) is 19.4 Å². The summed E-state index contributed by atoms with van der Waals surface area (Å²) in [5.74, 6) is -0.268. The molecule has 0 saturated heterocycles. The lowest BCUT2D eigenvalue weighted by Crippen LogP contribution is -2.35. The molecule has 38 heavy (non-hydrogen) atoms. The molecular weight excluding hydrogens is 487 g/mol. The summed E-state index contributed by atoms with van der Waals surface area (Å²) in [5, 5.41) is 9.02. The summed E-state index contributed by atoms with van der Waals surface area (Å²) in [6, 6.07) is 19.2. The fraction of sp³-hybridized carbons (Fsp3) is 0.172. The Balaban J connectivity index is 1.24. The maximum atomic E-state index is 13.1. The zero-order chi connectivity index (χ0) is 26.7. The van der Waals surface area contributed by atoms with Crippen LogP contribution in [0.15, 0.2) is 79.0 Å². The first-order chi connectivity index (χ1) is 18.4. The number of nitrogens with one attached hydrogen (secondary N) is 3. The molecule has 0 bridgehead atoms. The van der Waals surface area contributed by atoms with Gasteiger partial charge in [0.2, 0.25) is 11.8 Å². The quantitative estimate of drug-likeness (QED) is 0.279. The number of fused-ring (bicyclic) bond motifs is 1. The number of hydrogen-bond donors (Lipinski definition) is 3. The van der Waals surface area contributed by atoms with Crippen LogP contribution in [0.4, 0.5) is 15.8 Å². The van der Waals surface area contributed by atoms with Crippen LogP contribution in [0, 0.1) is 11.2 Å². The highest BCUT2D eigenvalue weighted by Gasteiger charge is 2.56. The minimum Gasteiger partial charge on any atom is -0.457 e. The number of amides is 3. The summed E-state index contributed by atoms with van der Waals surface area (Å²) in [4.78, 5) is 42.2. The van der Waals surface area contributed by atoms with E-state index in [1.807, 2.05) is 6.92 Å². The van der Waals surface area contributed by atoms with Crippen molar-refractivity contribution in [1.29, 1.82) is 0 Å². The molecule has 8 nitrogen and oxygen atoms in total. The summed E-state index contributed by atoms with van der Waals surface area (Å²) in [6.07, 6.45) is 2.48. The van der Waals surface area contributed by atoms with Crippen molar-refractivity contribution in [1.82, 2.24) is 10.3 Å². The van der Waals surface area contributed by atoms with E-state index >= 15 is 0 Å². The maximum absolute atomic E-state index is 13.1. The third kappa shape index (κ3) is 5.17. The first kappa shape index (κ1) is 24.9. The first-order valence-electron chi connectivity index (χ1n) is 12.2. The third-order valence-electron chi connectivity index (χ3n) is 6.36. The summed E-state index contributed by atoms with van der Waals surface area (Å²) in [5.41, 5.74) is 0.954. The average molecular weight is 513 g/mol. The average Bonchev–Trinajstić information content (AvgIpc) is 3.74. The van der Waals surface area contributed by atoms with E-state index in [0.29, 0.717) is 53.3 Å². The van der Waals surface area contributed by atoms with Gasteiger partial charge in [-0.15, -0.1) is 0 Å². The van der Waals surface area contributed by atoms with E-state index in [1.165, 1.54) is 24.3 Å². The number of halogens is 1. The largest absolute Gasteiger partial charge is 0.457 e. The van der Waals surface area contributed by atoms with Crippen LogP contribution in [0.5, 0.6) is 11.5 Å². The number of pyridine rings is 1. The van der Waals surface area contributed by atoms with E-state index in [0.717, 1.165) is 5.39 Å². The molecule has 4 aromatic rings. The molecule has 1 aliphatic rings. The molecule has 1 heterocycles. The Labute approximate surface area is 218 Å². The Morgan fingerprint density at radius 2 is 1.53 bits per heavy atom. The molecule has 1 aromatic heterocycles. The van der Waals surface area contributed by atoms with Crippen molar-refractivity contribution < 1.29 is 23.5 Å². The zero-order valence-electron chi connectivity index (χ0n) is 20.6. The summed E-state index contributed by atoms with van der Waals surface area (Å²) < 4.78 is 19.2. The Morgan fingerprint density at radius 3 is 2.13 bits per heavy atom. The molecule has 0 unspecified atom stereocenters. The monoisotopic (exact) mass is 512 g/mol. The van der Waals surface area contributed by atoms with E-state index in [2.05, 4.69) is 20.9 Å².